The number of anilines is 1. The summed E-state index contributed by atoms with van der Waals surface area (Å²) in [6.45, 7) is 1.83. The predicted octanol–water partition coefficient (Wildman–Crippen LogP) is 1.99. The van der Waals surface area contributed by atoms with Crippen LogP contribution in [-0.2, 0) is 14.6 Å². The molecule has 1 saturated carbocycles. The first-order valence-corrected chi connectivity index (χ1v) is 11.0. The molecule has 0 bridgehead atoms. The van der Waals surface area contributed by atoms with Crippen molar-refractivity contribution in [2.75, 3.05) is 31.8 Å². The highest BCUT2D eigenvalue weighted by molar-refractivity contribution is 7.90. The zero-order valence-corrected chi connectivity index (χ0v) is 16.4. The number of halogens is 1. The van der Waals surface area contributed by atoms with Gasteiger partial charge in [0.1, 0.15) is 10.7 Å². The van der Waals surface area contributed by atoms with Gasteiger partial charge in [0.15, 0.2) is 9.84 Å². The first-order valence-electron chi connectivity index (χ1n) is 9.12. The van der Waals surface area contributed by atoms with Gasteiger partial charge in [-0.25, -0.2) is 17.6 Å². The average molecular weight is 399 g/mol. The number of nitrogens with zero attached hydrogens (tertiary/aromatic N) is 1. The first kappa shape index (κ1) is 20.0. The lowest BCUT2D eigenvalue weighted by molar-refractivity contribution is 0.0985. The van der Waals surface area contributed by atoms with Gasteiger partial charge in [0.25, 0.3) is 0 Å². The highest BCUT2D eigenvalue weighted by Gasteiger charge is 2.36. The van der Waals surface area contributed by atoms with Crippen LogP contribution in [0.4, 0.5) is 14.9 Å². The molecule has 1 aliphatic heterocycles. The summed E-state index contributed by atoms with van der Waals surface area (Å²) in [5.41, 5.74) is 0.240. The summed E-state index contributed by atoms with van der Waals surface area (Å²) in [7, 11) is -1.99. The number of hydrogen-bond acceptors (Lipinski definition) is 5. The number of ether oxygens (including phenoxy) is 1. The molecule has 3 atom stereocenters. The Balaban J connectivity index is 1.62. The van der Waals surface area contributed by atoms with Gasteiger partial charge in [0.2, 0.25) is 0 Å². The lowest BCUT2D eigenvalue weighted by Crippen LogP contribution is -2.49. The minimum Gasteiger partial charge on any atom is -0.380 e. The molecule has 1 saturated heterocycles. The molecule has 1 unspecified atom stereocenters. The molecule has 3 rings (SSSR count). The number of amides is 2. The quantitative estimate of drug-likeness (QED) is 0.791. The lowest BCUT2D eigenvalue weighted by atomic mass is 10.1. The Bertz CT molecular complexity index is 802. The third-order valence-corrected chi connectivity index (χ3v) is 6.48. The van der Waals surface area contributed by atoms with Gasteiger partial charge < -0.3 is 15.4 Å². The fourth-order valence-corrected chi connectivity index (χ4v) is 4.76. The maximum atomic E-state index is 13.7. The Morgan fingerprint density at radius 3 is 2.74 bits per heavy atom. The second-order valence-corrected chi connectivity index (χ2v) is 9.25. The molecular weight excluding hydrogens is 373 g/mol. The van der Waals surface area contributed by atoms with Crippen LogP contribution in [0.3, 0.4) is 0 Å². The predicted molar refractivity (Wildman–Crippen MR) is 100 cm³/mol. The molecule has 1 aromatic carbocycles. The molecule has 9 heteroatoms. The van der Waals surface area contributed by atoms with Crippen molar-refractivity contribution in [2.24, 2.45) is 0 Å². The fourth-order valence-electron chi connectivity index (χ4n) is 3.99. The highest BCUT2D eigenvalue weighted by atomic mass is 32.2. The molecule has 0 spiro atoms. The smallest absolute Gasteiger partial charge is 0.319 e. The van der Waals surface area contributed by atoms with Gasteiger partial charge in [-0.1, -0.05) is 0 Å². The number of benzene rings is 1. The number of methoxy groups -OCH3 is 1. The molecule has 0 radical (unpaired) electrons. The van der Waals surface area contributed by atoms with Crippen LogP contribution < -0.4 is 10.6 Å². The summed E-state index contributed by atoms with van der Waals surface area (Å²) in [5, 5.41) is 5.60. The standard InChI is InChI=1S/C18H26FN3O4S/c1-26-13-8-9-22(11-13)16-5-3-4-15(16)21-18(23)20-12-6-7-14(19)17(10-12)27(2,24)25/h6-7,10,13,15-16H,3-5,8-9,11H2,1-2H3,(H2,20,21,23)/t13?,15-,16+/m0/s1. The Morgan fingerprint density at radius 1 is 1.30 bits per heavy atom. The van der Waals surface area contributed by atoms with E-state index in [1.54, 1.807) is 7.11 Å². The van der Waals surface area contributed by atoms with E-state index in [1.807, 2.05) is 0 Å². The fraction of sp³-hybridized carbons (Fsp3) is 0.611. The summed E-state index contributed by atoms with van der Waals surface area (Å²) < 4.78 is 42.4. The number of carbonyl (C=O) groups is 1. The highest BCUT2D eigenvalue weighted by Crippen LogP contribution is 2.28. The molecule has 0 aromatic heterocycles. The first-order chi connectivity index (χ1) is 12.8. The van der Waals surface area contributed by atoms with Gasteiger partial charge in [0, 0.05) is 44.2 Å². The van der Waals surface area contributed by atoms with Crippen LogP contribution in [0.1, 0.15) is 25.7 Å². The van der Waals surface area contributed by atoms with Crippen LogP contribution in [0.5, 0.6) is 0 Å². The van der Waals surface area contributed by atoms with Gasteiger partial charge in [-0.15, -0.1) is 0 Å². The largest absolute Gasteiger partial charge is 0.380 e. The van der Waals surface area contributed by atoms with E-state index in [2.05, 4.69) is 15.5 Å². The molecular formula is C18H26FN3O4S. The van der Waals surface area contributed by atoms with Crippen LogP contribution in [0.2, 0.25) is 0 Å². The topological polar surface area (TPSA) is 87.7 Å². The van der Waals surface area contributed by atoms with E-state index < -0.39 is 26.6 Å². The van der Waals surface area contributed by atoms with Crippen molar-refractivity contribution in [3.63, 3.8) is 0 Å². The van der Waals surface area contributed by atoms with E-state index in [-0.39, 0.29) is 23.9 Å². The Kier molecular flexibility index (Phi) is 6.02. The van der Waals surface area contributed by atoms with Gasteiger partial charge in [-0.3, -0.25) is 4.90 Å². The second kappa shape index (κ2) is 8.12. The van der Waals surface area contributed by atoms with Gasteiger partial charge in [-0.05, 0) is 43.9 Å². The van der Waals surface area contributed by atoms with Crippen molar-refractivity contribution >= 4 is 21.6 Å². The molecule has 2 fully saturated rings. The summed E-state index contributed by atoms with van der Waals surface area (Å²) >= 11 is 0. The van der Waals surface area contributed by atoms with Crippen LogP contribution in [-0.4, -0.2) is 64.0 Å². The van der Waals surface area contributed by atoms with Crippen LogP contribution in [0.25, 0.3) is 0 Å². The molecule has 150 valence electrons. The van der Waals surface area contributed by atoms with Gasteiger partial charge >= 0.3 is 6.03 Å². The zero-order valence-electron chi connectivity index (χ0n) is 15.6. The third kappa shape index (κ3) is 4.77. The van der Waals surface area contributed by atoms with E-state index in [9.17, 15) is 17.6 Å². The SMILES string of the molecule is COC1CCN([C@@H]2CCC[C@@H]2NC(=O)Nc2ccc(F)c(S(C)(=O)=O)c2)C1. The van der Waals surface area contributed by atoms with E-state index in [0.29, 0.717) is 0 Å². The summed E-state index contributed by atoms with van der Waals surface area (Å²) in [4.78, 5) is 14.3. The number of rotatable bonds is 5. The molecule has 1 aliphatic carbocycles. The Hall–Kier alpha value is -1.71. The molecule has 7 nitrogen and oxygen atoms in total. The molecule has 2 N–H and O–H groups in total. The number of hydrogen-bond donors (Lipinski definition) is 2. The molecule has 27 heavy (non-hydrogen) atoms. The van der Waals surface area contributed by atoms with Crippen LogP contribution >= 0.6 is 0 Å². The minimum atomic E-state index is -3.71. The number of nitrogens with one attached hydrogen (secondary N) is 2. The van der Waals surface area contributed by atoms with Crippen LogP contribution in [0, 0.1) is 5.82 Å². The second-order valence-electron chi connectivity index (χ2n) is 7.26. The van der Waals surface area contributed by atoms with Crippen molar-refractivity contribution in [2.45, 2.75) is 48.8 Å². The molecule has 2 aliphatic rings. The normalized spacial score (nSPS) is 26.3. The van der Waals surface area contributed by atoms with Gasteiger partial charge in [0.05, 0.1) is 6.10 Å². The molecule has 2 amide bonds. The van der Waals surface area contributed by atoms with Crippen molar-refractivity contribution in [1.29, 1.82) is 0 Å². The molecule has 1 aromatic rings. The summed E-state index contributed by atoms with van der Waals surface area (Å²) in [6, 6.07) is 3.41. The van der Waals surface area contributed by atoms with Crippen molar-refractivity contribution < 1.29 is 22.3 Å². The number of likely N-dealkylation sites (tertiary alicyclic amines) is 1. The van der Waals surface area contributed by atoms with E-state index in [4.69, 9.17) is 4.74 Å². The minimum absolute atomic E-state index is 0.0235. The summed E-state index contributed by atoms with van der Waals surface area (Å²) in [6.07, 6.45) is 5.13. The monoisotopic (exact) mass is 399 g/mol. The van der Waals surface area contributed by atoms with Crippen molar-refractivity contribution in [3.8, 4) is 0 Å². The zero-order chi connectivity index (χ0) is 19.6. The van der Waals surface area contributed by atoms with E-state index in [1.165, 1.54) is 6.07 Å². The number of carbonyl (C=O) groups excluding carboxylic acids is 1. The summed E-state index contributed by atoms with van der Waals surface area (Å²) in [5.74, 6) is -0.832. The maximum absolute atomic E-state index is 13.7. The van der Waals surface area contributed by atoms with Crippen LogP contribution in [0.15, 0.2) is 23.1 Å². The van der Waals surface area contributed by atoms with E-state index >= 15 is 0 Å². The van der Waals surface area contributed by atoms with Gasteiger partial charge in [-0.2, -0.15) is 0 Å². The number of urea groups is 1. The Labute approximate surface area is 159 Å². The number of sulfone groups is 1. The van der Waals surface area contributed by atoms with E-state index in [0.717, 1.165) is 57.2 Å². The maximum Gasteiger partial charge on any atom is 0.319 e. The van der Waals surface area contributed by atoms with Crippen molar-refractivity contribution in [3.05, 3.63) is 24.0 Å². The molecule has 1 heterocycles. The average Bonchev–Trinajstić information content (AvgIpc) is 3.24. The Morgan fingerprint density at radius 2 is 2.07 bits per heavy atom. The lowest BCUT2D eigenvalue weighted by Gasteiger charge is -2.30. The van der Waals surface area contributed by atoms with Crippen molar-refractivity contribution in [1.82, 2.24) is 10.2 Å². The third-order valence-electron chi connectivity index (χ3n) is 5.36.